The Hall–Kier alpha value is -1.83. The summed E-state index contributed by atoms with van der Waals surface area (Å²) in [4.78, 5) is 10.6. The molecule has 0 aromatic carbocycles. The predicted molar refractivity (Wildman–Crippen MR) is 80.6 cm³/mol. The van der Waals surface area contributed by atoms with E-state index in [1.807, 2.05) is 6.07 Å². The van der Waals surface area contributed by atoms with Crippen LogP contribution in [0.1, 0.15) is 36.7 Å². The van der Waals surface area contributed by atoms with Crippen LogP contribution in [0, 0.1) is 0 Å². The first-order valence-corrected chi connectivity index (χ1v) is 7.82. The fourth-order valence-electron chi connectivity index (χ4n) is 3.57. The van der Waals surface area contributed by atoms with Crippen molar-refractivity contribution in [3.8, 4) is 11.4 Å². The van der Waals surface area contributed by atoms with Crippen molar-refractivity contribution in [2.45, 2.75) is 38.0 Å². The molecule has 3 N–H and O–H groups in total. The molecule has 1 fully saturated rings. The van der Waals surface area contributed by atoms with Gasteiger partial charge in [-0.25, -0.2) is 9.97 Å². The van der Waals surface area contributed by atoms with E-state index in [1.54, 1.807) is 12.5 Å². The minimum absolute atomic E-state index is 0.107. The monoisotopic (exact) mass is 300 g/mol. The molecule has 4 rings (SSSR count). The first-order valence-electron chi connectivity index (χ1n) is 7.82. The number of rotatable bonds is 3. The molecule has 2 aromatic rings. The highest BCUT2D eigenvalue weighted by Gasteiger charge is 2.36. The van der Waals surface area contributed by atoms with Crippen molar-refractivity contribution < 1.29 is 5.11 Å². The van der Waals surface area contributed by atoms with Crippen LogP contribution < -0.4 is 5.32 Å². The Bertz CT molecular complexity index is 643. The number of hydrogen-bond donors (Lipinski definition) is 3. The van der Waals surface area contributed by atoms with E-state index in [0.717, 1.165) is 36.6 Å². The molecule has 0 bridgehead atoms. The van der Waals surface area contributed by atoms with E-state index in [-0.39, 0.29) is 18.8 Å². The lowest BCUT2D eigenvalue weighted by Crippen LogP contribution is -2.47. The highest BCUT2D eigenvalue weighted by molar-refractivity contribution is 5.60. The molecule has 0 spiro atoms. The molecule has 0 saturated carbocycles. The summed E-state index contributed by atoms with van der Waals surface area (Å²) in [6.45, 7) is 1.98. The molecule has 2 aliphatic rings. The van der Waals surface area contributed by atoms with Crippen LogP contribution in [0.15, 0.2) is 18.6 Å². The maximum absolute atomic E-state index is 9.64. The van der Waals surface area contributed by atoms with Crippen molar-refractivity contribution in [1.82, 2.24) is 30.4 Å². The minimum Gasteiger partial charge on any atom is -0.395 e. The number of fused-ring (bicyclic) bond motifs is 1. The molecule has 4 heterocycles. The number of aliphatic hydroxyl groups is 1. The Kier molecular flexibility index (Phi) is 3.61. The largest absolute Gasteiger partial charge is 0.395 e. The summed E-state index contributed by atoms with van der Waals surface area (Å²) in [6.07, 6.45) is 6.80. The molecule has 2 aliphatic heterocycles. The Morgan fingerprint density at radius 3 is 3.14 bits per heavy atom. The average molecular weight is 300 g/mol. The molecule has 2 unspecified atom stereocenters. The molecule has 7 nitrogen and oxygen atoms in total. The molecule has 7 heteroatoms. The third kappa shape index (κ3) is 2.22. The van der Waals surface area contributed by atoms with Gasteiger partial charge in [0.25, 0.3) is 0 Å². The van der Waals surface area contributed by atoms with Crippen LogP contribution in [0.2, 0.25) is 0 Å². The van der Waals surface area contributed by atoms with Crippen molar-refractivity contribution in [3.63, 3.8) is 0 Å². The summed E-state index contributed by atoms with van der Waals surface area (Å²) >= 11 is 0. The van der Waals surface area contributed by atoms with E-state index in [9.17, 15) is 5.11 Å². The van der Waals surface area contributed by atoms with Crippen molar-refractivity contribution in [1.29, 1.82) is 0 Å². The zero-order chi connectivity index (χ0) is 14.9. The van der Waals surface area contributed by atoms with Gasteiger partial charge in [-0.1, -0.05) is 6.42 Å². The van der Waals surface area contributed by atoms with E-state index in [0.29, 0.717) is 0 Å². The van der Waals surface area contributed by atoms with Gasteiger partial charge in [0.2, 0.25) is 0 Å². The van der Waals surface area contributed by atoms with Gasteiger partial charge in [-0.2, -0.15) is 5.10 Å². The van der Waals surface area contributed by atoms with E-state index >= 15 is 0 Å². The zero-order valence-electron chi connectivity index (χ0n) is 12.4. The van der Waals surface area contributed by atoms with Crippen molar-refractivity contribution >= 4 is 0 Å². The quantitative estimate of drug-likeness (QED) is 0.777. The Balaban J connectivity index is 1.65. The van der Waals surface area contributed by atoms with Gasteiger partial charge in [-0.05, 0) is 18.9 Å². The summed E-state index contributed by atoms with van der Waals surface area (Å²) < 4.78 is 0. The van der Waals surface area contributed by atoms with Gasteiger partial charge in [-0.15, -0.1) is 0 Å². The smallest absolute Gasteiger partial charge is 0.116 e. The van der Waals surface area contributed by atoms with Crippen molar-refractivity contribution in [2.75, 3.05) is 13.2 Å². The third-order valence-electron chi connectivity index (χ3n) is 4.68. The Morgan fingerprint density at radius 1 is 1.36 bits per heavy atom. The van der Waals surface area contributed by atoms with Crippen LogP contribution in [-0.2, 0) is 6.54 Å². The summed E-state index contributed by atoms with van der Waals surface area (Å²) in [7, 11) is 0. The lowest BCUT2D eigenvalue weighted by Gasteiger charge is -2.38. The molecule has 0 radical (unpaired) electrons. The van der Waals surface area contributed by atoms with E-state index in [2.05, 4.69) is 30.4 Å². The molecule has 0 amide bonds. The van der Waals surface area contributed by atoms with Crippen LogP contribution in [0.3, 0.4) is 0 Å². The maximum atomic E-state index is 9.64. The number of piperidine rings is 1. The van der Waals surface area contributed by atoms with Crippen molar-refractivity contribution in [2.24, 2.45) is 0 Å². The van der Waals surface area contributed by atoms with Gasteiger partial charge < -0.3 is 5.11 Å². The minimum atomic E-state index is 0.107. The zero-order valence-corrected chi connectivity index (χ0v) is 12.4. The van der Waals surface area contributed by atoms with Gasteiger partial charge in [0.05, 0.1) is 18.0 Å². The summed E-state index contributed by atoms with van der Waals surface area (Å²) in [5, 5.41) is 20.8. The molecule has 1 saturated heterocycles. The summed E-state index contributed by atoms with van der Waals surface area (Å²) in [5.41, 5.74) is 4.01. The molecule has 2 atom stereocenters. The van der Waals surface area contributed by atoms with E-state index in [4.69, 9.17) is 0 Å². The molecule has 0 aliphatic carbocycles. The van der Waals surface area contributed by atoms with E-state index < -0.39 is 0 Å². The number of likely N-dealkylation sites (tertiary alicyclic amines) is 1. The summed E-state index contributed by atoms with van der Waals surface area (Å²) in [6, 6.07) is 2.10. The van der Waals surface area contributed by atoms with Gasteiger partial charge in [0.1, 0.15) is 18.2 Å². The lowest BCUT2D eigenvalue weighted by molar-refractivity contribution is 0.0412. The number of aliphatic hydroxyl groups excluding tert-OH is 1. The average Bonchev–Trinajstić information content (AvgIpc) is 3.17. The SMILES string of the molecule is OCC1CCCCN1C1NCc2c(-c3ccncn3)n[nH]c21. The van der Waals surface area contributed by atoms with Gasteiger partial charge in [0, 0.05) is 30.9 Å². The second kappa shape index (κ2) is 5.75. The number of aromatic amines is 1. The number of H-pyrrole nitrogens is 1. The lowest BCUT2D eigenvalue weighted by atomic mass is 10.0. The van der Waals surface area contributed by atoms with E-state index in [1.165, 1.54) is 18.4 Å². The second-order valence-corrected chi connectivity index (χ2v) is 5.91. The normalized spacial score (nSPS) is 25.3. The van der Waals surface area contributed by atoms with Crippen molar-refractivity contribution in [3.05, 3.63) is 29.8 Å². The van der Waals surface area contributed by atoms with Crippen LogP contribution >= 0.6 is 0 Å². The molecular weight excluding hydrogens is 280 g/mol. The number of aromatic nitrogens is 4. The molecule has 2 aromatic heterocycles. The van der Waals surface area contributed by atoms with Crippen LogP contribution in [0.25, 0.3) is 11.4 Å². The van der Waals surface area contributed by atoms with Crippen LogP contribution in [0.5, 0.6) is 0 Å². The molecule has 116 valence electrons. The van der Waals surface area contributed by atoms with Crippen LogP contribution in [-0.4, -0.2) is 49.4 Å². The topological polar surface area (TPSA) is 90.0 Å². The Labute approximate surface area is 128 Å². The van der Waals surface area contributed by atoms with Gasteiger partial charge in [-0.3, -0.25) is 15.3 Å². The van der Waals surface area contributed by atoms with Gasteiger partial charge >= 0.3 is 0 Å². The number of nitrogens with one attached hydrogen (secondary N) is 2. The highest BCUT2D eigenvalue weighted by atomic mass is 16.3. The van der Waals surface area contributed by atoms with Gasteiger partial charge in [0.15, 0.2) is 0 Å². The first-order chi connectivity index (χ1) is 10.9. The Morgan fingerprint density at radius 2 is 2.32 bits per heavy atom. The van der Waals surface area contributed by atoms with Crippen LogP contribution in [0.4, 0.5) is 0 Å². The molecular formula is C15H20N6O. The fourth-order valence-corrected chi connectivity index (χ4v) is 3.57. The maximum Gasteiger partial charge on any atom is 0.116 e. The standard InChI is InChI=1S/C15H20N6O/c22-8-10-3-1-2-6-21(10)15-14-11(7-17-15)13(19-20-14)12-4-5-16-9-18-12/h4-5,9-10,15,17,22H,1-3,6-8H2,(H,19,20). The predicted octanol–water partition coefficient (Wildman–Crippen LogP) is 0.815. The number of nitrogens with zero attached hydrogens (tertiary/aromatic N) is 4. The summed E-state index contributed by atoms with van der Waals surface area (Å²) in [5.74, 6) is 0. The third-order valence-corrected chi connectivity index (χ3v) is 4.68. The number of hydrogen-bond acceptors (Lipinski definition) is 6. The fraction of sp³-hybridized carbons (Fsp3) is 0.533. The molecule has 22 heavy (non-hydrogen) atoms. The highest BCUT2D eigenvalue weighted by Crippen LogP contribution is 2.35. The first kappa shape index (κ1) is 13.8. The second-order valence-electron chi connectivity index (χ2n) is 5.91.